The van der Waals surface area contributed by atoms with Crippen molar-refractivity contribution in [3.63, 3.8) is 0 Å². The molecule has 3 aliphatic heterocycles. The minimum atomic E-state index is -4.84. The summed E-state index contributed by atoms with van der Waals surface area (Å²) in [5.41, 5.74) is -1.97. The molecule has 0 aromatic heterocycles. The summed E-state index contributed by atoms with van der Waals surface area (Å²) in [6.45, 7) is 4.68. The molecular weight excluding hydrogens is 743 g/mol. The topological polar surface area (TPSA) is 147 Å². The Morgan fingerprint density at radius 1 is 1.02 bits per heavy atom. The molecule has 0 radical (unpaired) electrons. The lowest BCUT2D eigenvalue weighted by Gasteiger charge is -2.31. The zero-order chi connectivity index (χ0) is 39.7. The van der Waals surface area contributed by atoms with E-state index in [1.54, 1.807) is 24.3 Å². The molecule has 3 heterocycles. The van der Waals surface area contributed by atoms with Crippen LogP contribution in [0.5, 0.6) is 5.75 Å². The average Bonchev–Trinajstić information content (AvgIpc) is 3.31. The van der Waals surface area contributed by atoms with Crippen LogP contribution in [0.3, 0.4) is 0 Å². The number of nitrogens with one attached hydrogen (secondary N) is 3. The van der Waals surface area contributed by atoms with E-state index in [1.807, 2.05) is 4.90 Å². The van der Waals surface area contributed by atoms with Gasteiger partial charge in [-0.2, -0.15) is 18.4 Å². The van der Waals surface area contributed by atoms with E-state index in [4.69, 9.17) is 22.2 Å². The molecule has 3 N–H and O–H groups in total. The lowest BCUT2D eigenvalue weighted by atomic mass is 9.98. The second-order valence-electron chi connectivity index (χ2n) is 14.1. The molecular formula is C38H37F4N7O5S. The number of ether oxygens (including phenoxy) is 1. The molecule has 0 spiro atoms. The lowest BCUT2D eigenvalue weighted by Crippen LogP contribution is -2.47. The van der Waals surface area contributed by atoms with Crippen LogP contribution < -0.4 is 30.5 Å². The Hall–Kier alpha value is -5.60. The molecule has 0 bridgehead atoms. The zero-order valence-electron chi connectivity index (χ0n) is 29.8. The van der Waals surface area contributed by atoms with Crippen LogP contribution >= 0.6 is 12.2 Å². The van der Waals surface area contributed by atoms with E-state index in [-0.39, 0.29) is 65.4 Å². The SMILES string of the molecule is CC1(C)C(=O)N(c2ccc(C#N)c(C(F)(F)F)c2)C(=S)N1c1ccc(OCC2CCN(CC(=O)Nc3cccc(NC4CCC(=O)NC4=O)c3)CC2)c(F)c1. The summed E-state index contributed by atoms with van der Waals surface area (Å²) in [4.78, 5) is 54.2. The van der Waals surface area contributed by atoms with Gasteiger partial charge in [-0.3, -0.25) is 34.3 Å². The number of imide groups is 1. The highest BCUT2D eigenvalue weighted by Crippen LogP contribution is 2.40. The summed E-state index contributed by atoms with van der Waals surface area (Å²) in [7, 11) is 0. The standard InChI is InChI=1S/C38H37F4N7O5S/c1-37(2)35(53)48(26-7-6-23(19-43)28(17-26)38(40,41)42)36(55)49(37)27-8-10-31(29(39)18-27)54-21-22-12-14-47(15-13-22)20-33(51)45-25-5-3-4-24(16-25)44-30-9-11-32(50)46-34(30)52/h3-8,10,16-18,22,30,44H,9,11-15,20-21H2,1-2H3,(H,45,51)(H,46,50,52). The van der Waals surface area contributed by atoms with Crippen molar-refractivity contribution in [2.45, 2.75) is 57.3 Å². The van der Waals surface area contributed by atoms with E-state index in [2.05, 4.69) is 16.0 Å². The maximum Gasteiger partial charge on any atom is 0.417 e. The average molecular weight is 780 g/mol. The maximum absolute atomic E-state index is 15.4. The Bertz CT molecular complexity index is 2080. The molecule has 1 atom stereocenters. The number of anilines is 4. The first-order valence-corrected chi connectivity index (χ1v) is 17.9. The number of rotatable bonds is 10. The fourth-order valence-electron chi connectivity index (χ4n) is 6.85. The summed E-state index contributed by atoms with van der Waals surface area (Å²) in [5, 5.41) is 17.3. The number of nitriles is 1. The van der Waals surface area contributed by atoms with Gasteiger partial charge in [-0.1, -0.05) is 6.07 Å². The number of carbonyl (C=O) groups excluding carboxylic acids is 4. The third-order valence-electron chi connectivity index (χ3n) is 9.80. The van der Waals surface area contributed by atoms with Gasteiger partial charge >= 0.3 is 6.18 Å². The van der Waals surface area contributed by atoms with E-state index in [0.29, 0.717) is 49.8 Å². The van der Waals surface area contributed by atoms with Crippen LogP contribution in [0.2, 0.25) is 0 Å². The van der Waals surface area contributed by atoms with Crippen LogP contribution in [-0.2, 0) is 25.4 Å². The van der Waals surface area contributed by atoms with Crippen molar-refractivity contribution in [1.29, 1.82) is 5.26 Å². The zero-order valence-corrected chi connectivity index (χ0v) is 30.7. The molecule has 3 aromatic rings. The molecule has 55 heavy (non-hydrogen) atoms. The van der Waals surface area contributed by atoms with Crippen LogP contribution in [0, 0.1) is 23.1 Å². The number of hydrogen-bond acceptors (Lipinski definition) is 9. The lowest BCUT2D eigenvalue weighted by molar-refractivity contribution is -0.138. The van der Waals surface area contributed by atoms with Gasteiger partial charge in [0, 0.05) is 29.5 Å². The van der Waals surface area contributed by atoms with Gasteiger partial charge in [-0.05, 0) is 113 Å². The van der Waals surface area contributed by atoms with Gasteiger partial charge in [0.25, 0.3) is 5.91 Å². The van der Waals surface area contributed by atoms with Gasteiger partial charge in [0.15, 0.2) is 16.7 Å². The molecule has 288 valence electrons. The summed E-state index contributed by atoms with van der Waals surface area (Å²) in [6.07, 6.45) is -2.81. The number of thiocarbonyl (C=S) groups is 1. The first-order chi connectivity index (χ1) is 26.0. The van der Waals surface area contributed by atoms with E-state index in [9.17, 15) is 32.3 Å². The smallest absolute Gasteiger partial charge is 0.417 e. The van der Waals surface area contributed by atoms with Crippen molar-refractivity contribution in [2.75, 3.05) is 46.7 Å². The number of carbonyl (C=O) groups is 4. The van der Waals surface area contributed by atoms with E-state index < -0.39 is 40.6 Å². The Balaban J connectivity index is 1.00. The third kappa shape index (κ3) is 8.55. The van der Waals surface area contributed by atoms with Crippen LogP contribution in [0.15, 0.2) is 60.7 Å². The molecule has 3 saturated heterocycles. The highest BCUT2D eigenvalue weighted by molar-refractivity contribution is 7.81. The van der Waals surface area contributed by atoms with Crippen LogP contribution in [-0.4, -0.2) is 71.5 Å². The second kappa shape index (κ2) is 15.6. The number of hydrogen-bond donors (Lipinski definition) is 3. The molecule has 17 heteroatoms. The van der Waals surface area contributed by atoms with E-state index >= 15 is 4.39 Å². The number of amides is 4. The predicted molar refractivity (Wildman–Crippen MR) is 199 cm³/mol. The fraction of sp³-hybridized carbons (Fsp3) is 0.368. The molecule has 12 nitrogen and oxygen atoms in total. The van der Waals surface area contributed by atoms with Crippen molar-refractivity contribution < 1.29 is 41.5 Å². The van der Waals surface area contributed by atoms with Gasteiger partial charge in [0.2, 0.25) is 17.7 Å². The van der Waals surface area contributed by atoms with Gasteiger partial charge in [0.1, 0.15) is 11.6 Å². The molecule has 0 saturated carbocycles. The summed E-state index contributed by atoms with van der Waals surface area (Å²) < 4.78 is 62.3. The molecule has 6 rings (SSSR count). The molecule has 1 unspecified atom stereocenters. The summed E-state index contributed by atoms with van der Waals surface area (Å²) in [5.74, 6) is -2.17. The first kappa shape index (κ1) is 39.1. The van der Waals surface area contributed by atoms with Crippen molar-refractivity contribution in [3.8, 4) is 11.8 Å². The Morgan fingerprint density at radius 2 is 1.73 bits per heavy atom. The van der Waals surface area contributed by atoms with E-state index in [0.717, 1.165) is 17.0 Å². The van der Waals surface area contributed by atoms with Crippen molar-refractivity contribution >= 4 is 63.7 Å². The van der Waals surface area contributed by atoms with Crippen molar-refractivity contribution in [1.82, 2.24) is 10.2 Å². The Morgan fingerprint density at radius 3 is 2.40 bits per heavy atom. The van der Waals surface area contributed by atoms with Crippen LogP contribution in [0.25, 0.3) is 0 Å². The molecule has 4 amide bonds. The van der Waals surface area contributed by atoms with Gasteiger partial charge < -0.3 is 20.3 Å². The monoisotopic (exact) mass is 779 g/mol. The van der Waals surface area contributed by atoms with Crippen LogP contribution in [0.4, 0.5) is 40.3 Å². The third-order valence-corrected chi connectivity index (χ3v) is 10.2. The molecule has 0 aliphatic carbocycles. The van der Waals surface area contributed by atoms with Gasteiger partial charge in [-0.25, -0.2) is 4.39 Å². The summed E-state index contributed by atoms with van der Waals surface area (Å²) in [6, 6.07) is 14.9. The maximum atomic E-state index is 15.4. The first-order valence-electron chi connectivity index (χ1n) is 17.5. The largest absolute Gasteiger partial charge is 0.490 e. The number of nitrogens with zero attached hydrogens (tertiary/aromatic N) is 4. The fourth-order valence-corrected chi connectivity index (χ4v) is 7.37. The van der Waals surface area contributed by atoms with Crippen molar-refractivity contribution in [2.24, 2.45) is 5.92 Å². The second-order valence-corrected chi connectivity index (χ2v) is 14.4. The normalized spacial score (nSPS) is 19.3. The minimum absolute atomic E-state index is 0.0205. The number of halogens is 4. The van der Waals surface area contributed by atoms with Gasteiger partial charge in [-0.15, -0.1) is 0 Å². The number of piperidine rings is 2. The minimum Gasteiger partial charge on any atom is -0.490 e. The molecule has 3 aliphatic rings. The number of likely N-dealkylation sites (tertiary alicyclic amines) is 1. The number of benzene rings is 3. The molecule has 3 aromatic carbocycles. The molecule has 3 fully saturated rings. The highest BCUT2D eigenvalue weighted by Gasteiger charge is 2.51. The Kier molecular flexibility index (Phi) is 11.1. The van der Waals surface area contributed by atoms with Crippen molar-refractivity contribution in [3.05, 3.63) is 77.6 Å². The highest BCUT2D eigenvalue weighted by atomic mass is 32.1. The number of alkyl halides is 3. The summed E-state index contributed by atoms with van der Waals surface area (Å²) >= 11 is 5.55. The predicted octanol–water partition coefficient (Wildman–Crippen LogP) is 5.58. The van der Waals surface area contributed by atoms with Gasteiger partial charge in [0.05, 0.1) is 36.0 Å². The quantitative estimate of drug-likeness (QED) is 0.136. The van der Waals surface area contributed by atoms with Crippen LogP contribution in [0.1, 0.15) is 50.7 Å². The van der Waals surface area contributed by atoms with E-state index in [1.165, 1.54) is 43.0 Å². The Labute approximate surface area is 319 Å².